The minimum absolute atomic E-state index is 0.213. The van der Waals surface area contributed by atoms with E-state index in [0.29, 0.717) is 16.7 Å². The molecule has 0 saturated heterocycles. The third kappa shape index (κ3) is 2.13. The van der Waals surface area contributed by atoms with Gasteiger partial charge >= 0.3 is 5.76 Å². The van der Waals surface area contributed by atoms with E-state index in [4.69, 9.17) is 10.2 Å². The van der Waals surface area contributed by atoms with Gasteiger partial charge in [-0.05, 0) is 29.8 Å². The molecule has 0 bridgehead atoms. The number of fused-ring (bicyclic) bond motifs is 1. The quantitative estimate of drug-likeness (QED) is 0.788. The summed E-state index contributed by atoms with van der Waals surface area (Å²) in [4.78, 5) is 11.4. The van der Waals surface area contributed by atoms with Gasteiger partial charge in [-0.25, -0.2) is 13.6 Å². The van der Waals surface area contributed by atoms with E-state index in [1.54, 1.807) is 19.2 Å². The summed E-state index contributed by atoms with van der Waals surface area (Å²) in [6.07, 6.45) is 0. The summed E-state index contributed by atoms with van der Waals surface area (Å²) in [5.74, 6) is -1.93. The van der Waals surface area contributed by atoms with Gasteiger partial charge in [0.15, 0.2) is 5.58 Å². The molecule has 2 N–H and O–H groups in total. The molecule has 1 heterocycles. The molecule has 3 aromatic rings. The summed E-state index contributed by atoms with van der Waals surface area (Å²) in [6, 6.07) is 7.37. The van der Waals surface area contributed by atoms with Crippen molar-refractivity contribution in [3.63, 3.8) is 0 Å². The maximum absolute atomic E-state index is 13.8. The maximum atomic E-state index is 13.8. The number of halogens is 2. The first-order valence-corrected chi connectivity index (χ1v) is 6.28. The molecule has 1 unspecified atom stereocenters. The lowest BCUT2D eigenvalue weighted by Gasteiger charge is -2.14. The molecule has 0 aliphatic rings. The Bertz CT molecular complexity index is 863. The zero-order chi connectivity index (χ0) is 15.1. The molecule has 0 spiro atoms. The van der Waals surface area contributed by atoms with Crippen LogP contribution in [0, 0.1) is 11.6 Å². The summed E-state index contributed by atoms with van der Waals surface area (Å²) in [5, 5.41) is 0. The van der Waals surface area contributed by atoms with Crippen LogP contribution in [0.5, 0.6) is 0 Å². The van der Waals surface area contributed by atoms with Gasteiger partial charge in [-0.2, -0.15) is 0 Å². The molecule has 0 aliphatic heterocycles. The molecule has 0 saturated carbocycles. The van der Waals surface area contributed by atoms with Crippen LogP contribution in [-0.2, 0) is 7.05 Å². The van der Waals surface area contributed by atoms with Crippen LogP contribution in [0.1, 0.15) is 17.2 Å². The first kappa shape index (κ1) is 13.5. The molecule has 0 radical (unpaired) electrons. The number of hydrogen-bond donors (Lipinski definition) is 1. The number of benzene rings is 2. The van der Waals surface area contributed by atoms with E-state index in [1.807, 2.05) is 0 Å². The highest BCUT2D eigenvalue weighted by Crippen LogP contribution is 2.27. The number of aromatic nitrogens is 1. The van der Waals surface area contributed by atoms with E-state index in [1.165, 1.54) is 16.7 Å². The summed E-state index contributed by atoms with van der Waals surface area (Å²) >= 11 is 0. The highest BCUT2D eigenvalue weighted by molar-refractivity contribution is 5.74. The molecule has 6 heteroatoms. The summed E-state index contributed by atoms with van der Waals surface area (Å²) in [5.41, 5.74) is 7.11. The fourth-order valence-electron chi connectivity index (χ4n) is 2.32. The van der Waals surface area contributed by atoms with Crippen LogP contribution >= 0.6 is 0 Å². The van der Waals surface area contributed by atoms with Crippen molar-refractivity contribution >= 4 is 11.1 Å². The molecule has 1 aromatic heterocycles. The van der Waals surface area contributed by atoms with Crippen molar-refractivity contribution < 1.29 is 13.2 Å². The molecule has 0 fully saturated rings. The van der Waals surface area contributed by atoms with Crippen molar-refractivity contribution in [3.8, 4) is 0 Å². The second-order valence-electron chi connectivity index (χ2n) is 4.77. The Balaban J connectivity index is 2.14. The number of oxazole rings is 1. The number of hydrogen-bond acceptors (Lipinski definition) is 3. The summed E-state index contributed by atoms with van der Waals surface area (Å²) < 4.78 is 33.9. The maximum Gasteiger partial charge on any atom is 0.419 e. The Morgan fingerprint density at radius 3 is 2.52 bits per heavy atom. The van der Waals surface area contributed by atoms with E-state index in [2.05, 4.69) is 0 Å². The third-order valence-corrected chi connectivity index (χ3v) is 3.49. The van der Waals surface area contributed by atoms with Gasteiger partial charge in [-0.3, -0.25) is 4.57 Å². The van der Waals surface area contributed by atoms with E-state index >= 15 is 0 Å². The van der Waals surface area contributed by atoms with Crippen molar-refractivity contribution in [2.45, 2.75) is 6.04 Å². The predicted molar refractivity (Wildman–Crippen MR) is 73.8 cm³/mol. The molecule has 4 nitrogen and oxygen atoms in total. The van der Waals surface area contributed by atoms with Gasteiger partial charge in [0.25, 0.3) is 0 Å². The second-order valence-corrected chi connectivity index (χ2v) is 4.77. The molecule has 0 aliphatic carbocycles. The van der Waals surface area contributed by atoms with Gasteiger partial charge in [0.1, 0.15) is 11.6 Å². The number of nitrogens with zero attached hydrogens (tertiary/aromatic N) is 1. The van der Waals surface area contributed by atoms with Crippen LogP contribution in [-0.4, -0.2) is 4.57 Å². The SMILES string of the molecule is Cn1c(=O)oc2cc(C(N)c3c(F)cccc3F)ccc21. The Labute approximate surface area is 118 Å². The Hall–Kier alpha value is -2.47. The smallest absolute Gasteiger partial charge is 0.408 e. The van der Waals surface area contributed by atoms with Gasteiger partial charge in [-0.1, -0.05) is 12.1 Å². The van der Waals surface area contributed by atoms with Crippen LogP contribution < -0.4 is 11.5 Å². The second kappa shape index (κ2) is 4.82. The first-order chi connectivity index (χ1) is 9.99. The van der Waals surface area contributed by atoms with Crippen LogP contribution in [0.15, 0.2) is 45.6 Å². The number of rotatable bonds is 2. The minimum atomic E-state index is -0.985. The fourth-order valence-corrected chi connectivity index (χ4v) is 2.32. The topological polar surface area (TPSA) is 61.2 Å². The third-order valence-electron chi connectivity index (χ3n) is 3.49. The normalized spacial score (nSPS) is 12.8. The van der Waals surface area contributed by atoms with Gasteiger partial charge in [-0.15, -0.1) is 0 Å². The van der Waals surface area contributed by atoms with E-state index in [0.717, 1.165) is 12.1 Å². The average Bonchev–Trinajstić information content (AvgIpc) is 2.73. The number of nitrogens with two attached hydrogens (primary N) is 1. The molecule has 0 amide bonds. The van der Waals surface area contributed by atoms with Crippen molar-refractivity contribution in [1.29, 1.82) is 0 Å². The van der Waals surface area contributed by atoms with Gasteiger partial charge in [0, 0.05) is 12.6 Å². The van der Waals surface area contributed by atoms with E-state index in [-0.39, 0.29) is 5.56 Å². The minimum Gasteiger partial charge on any atom is -0.408 e. The van der Waals surface area contributed by atoms with Crippen LogP contribution in [0.4, 0.5) is 8.78 Å². The lowest BCUT2D eigenvalue weighted by atomic mass is 9.98. The summed E-state index contributed by atoms with van der Waals surface area (Å²) in [7, 11) is 1.57. The van der Waals surface area contributed by atoms with Crippen molar-refractivity contribution in [3.05, 3.63) is 69.7 Å². The molecular formula is C15H12F2N2O2. The van der Waals surface area contributed by atoms with Gasteiger partial charge in [0.05, 0.1) is 11.6 Å². The first-order valence-electron chi connectivity index (χ1n) is 6.28. The molecule has 108 valence electrons. The lowest BCUT2D eigenvalue weighted by molar-refractivity contribution is 0.526. The van der Waals surface area contributed by atoms with Crippen molar-refractivity contribution in [1.82, 2.24) is 4.57 Å². The van der Waals surface area contributed by atoms with Gasteiger partial charge < -0.3 is 10.2 Å². The fraction of sp³-hybridized carbons (Fsp3) is 0.133. The largest absolute Gasteiger partial charge is 0.419 e. The Kier molecular flexibility index (Phi) is 3.10. The highest BCUT2D eigenvalue weighted by Gasteiger charge is 2.19. The standard InChI is InChI=1S/C15H12F2N2O2/c1-19-11-6-5-8(7-12(11)21-15(19)20)14(18)13-9(16)3-2-4-10(13)17/h2-7,14H,18H2,1H3. The van der Waals surface area contributed by atoms with Crippen LogP contribution in [0.3, 0.4) is 0 Å². The molecule has 1 atom stereocenters. The molecule has 21 heavy (non-hydrogen) atoms. The molecule has 2 aromatic carbocycles. The van der Waals surface area contributed by atoms with Crippen molar-refractivity contribution in [2.75, 3.05) is 0 Å². The lowest BCUT2D eigenvalue weighted by Crippen LogP contribution is -2.15. The van der Waals surface area contributed by atoms with E-state index in [9.17, 15) is 13.6 Å². The van der Waals surface area contributed by atoms with Gasteiger partial charge in [0.2, 0.25) is 0 Å². The molecule has 3 rings (SSSR count). The zero-order valence-electron chi connectivity index (χ0n) is 11.1. The monoisotopic (exact) mass is 290 g/mol. The Morgan fingerprint density at radius 1 is 1.19 bits per heavy atom. The Morgan fingerprint density at radius 2 is 1.86 bits per heavy atom. The van der Waals surface area contributed by atoms with E-state index < -0.39 is 23.4 Å². The zero-order valence-corrected chi connectivity index (χ0v) is 11.1. The van der Waals surface area contributed by atoms with Crippen LogP contribution in [0.25, 0.3) is 11.1 Å². The molecular weight excluding hydrogens is 278 g/mol. The van der Waals surface area contributed by atoms with Crippen molar-refractivity contribution in [2.24, 2.45) is 12.8 Å². The average molecular weight is 290 g/mol. The summed E-state index contributed by atoms with van der Waals surface area (Å²) in [6.45, 7) is 0. The number of aryl methyl sites for hydroxylation is 1. The predicted octanol–water partition coefficient (Wildman–Crippen LogP) is 2.46. The van der Waals surface area contributed by atoms with Crippen LogP contribution in [0.2, 0.25) is 0 Å². The highest BCUT2D eigenvalue weighted by atomic mass is 19.1.